The van der Waals surface area contributed by atoms with Crippen LogP contribution in [-0.4, -0.2) is 44.8 Å². The zero-order valence-electron chi connectivity index (χ0n) is 7.63. The fourth-order valence-corrected chi connectivity index (χ4v) is 1.61. The van der Waals surface area contributed by atoms with Crippen LogP contribution >= 0.6 is 0 Å². The molecule has 1 heterocycles. The molecule has 3 nitrogen and oxygen atoms in total. The van der Waals surface area contributed by atoms with E-state index in [0.29, 0.717) is 6.61 Å². The first kappa shape index (κ1) is 8.97. The molecule has 2 atom stereocenters. The quantitative estimate of drug-likeness (QED) is 0.610. The van der Waals surface area contributed by atoms with Crippen molar-refractivity contribution in [2.45, 2.75) is 13.0 Å². The second-order valence-electron chi connectivity index (χ2n) is 4.01. The summed E-state index contributed by atoms with van der Waals surface area (Å²) in [4.78, 5) is 2.16. The molecule has 1 fully saturated rings. The van der Waals surface area contributed by atoms with Gasteiger partial charge in [0.2, 0.25) is 0 Å². The van der Waals surface area contributed by atoms with Gasteiger partial charge in [0.1, 0.15) is 0 Å². The molecule has 0 aromatic carbocycles. The third-order valence-corrected chi connectivity index (χ3v) is 2.30. The van der Waals surface area contributed by atoms with Crippen molar-refractivity contribution in [3.8, 4) is 0 Å². The molecule has 11 heavy (non-hydrogen) atoms. The van der Waals surface area contributed by atoms with E-state index in [1.807, 2.05) is 0 Å². The van der Waals surface area contributed by atoms with Gasteiger partial charge in [-0.25, -0.2) is 0 Å². The minimum absolute atomic E-state index is 0.156. The van der Waals surface area contributed by atoms with E-state index in [0.717, 1.165) is 13.2 Å². The summed E-state index contributed by atoms with van der Waals surface area (Å²) in [6.07, 6.45) is 0. The molecular weight excluding hydrogens is 140 g/mol. The molecule has 1 saturated heterocycles. The van der Waals surface area contributed by atoms with Gasteiger partial charge in [0.15, 0.2) is 0 Å². The Hall–Kier alpha value is -0.120. The minimum Gasteiger partial charge on any atom is -0.379 e. The molecule has 0 amide bonds. The van der Waals surface area contributed by atoms with E-state index in [4.69, 9.17) is 10.5 Å². The molecule has 0 aromatic rings. The Morgan fingerprint density at radius 3 is 2.64 bits per heavy atom. The first-order valence-electron chi connectivity index (χ1n) is 4.03. The topological polar surface area (TPSA) is 38.5 Å². The van der Waals surface area contributed by atoms with Crippen molar-refractivity contribution in [2.75, 3.05) is 33.9 Å². The smallest absolute Gasteiger partial charge is 0.0624 e. The minimum atomic E-state index is 0.156. The average Bonchev–Trinajstić information content (AvgIpc) is 2.11. The Labute approximate surface area is 68.5 Å². The largest absolute Gasteiger partial charge is 0.379 e. The van der Waals surface area contributed by atoms with Crippen LogP contribution in [0.4, 0.5) is 0 Å². The van der Waals surface area contributed by atoms with E-state index >= 15 is 0 Å². The molecule has 1 rings (SSSR count). The lowest BCUT2D eigenvalue weighted by atomic mass is 9.85. The summed E-state index contributed by atoms with van der Waals surface area (Å²) in [5.41, 5.74) is 6.07. The lowest BCUT2D eigenvalue weighted by Gasteiger charge is -2.29. The Morgan fingerprint density at radius 2 is 2.27 bits per heavy atom. The first-order chi connectivity index (χ1) is 5.04. The van der Waals surface area contributed by atoms with Crippen LogP contribution in [0.1, 0.15) is 6.92 Å². The van der Waals surface area contributed by atoms with Crippen molar-refractivity contribution in [3.05, 3.63) is 0 Å². The molecule has 66 valence electrons. The van der Waals surface area contributed by atoms with Gasteiger partial charge in [-0.15, -0.1) is 0 Å². The van der Waals surface area contributed by atoms with Crippen LogP contribution in [0.2, 0.25) is 0 Å². The predicted octanol–water partition coefficient (Wildman–Crippen LogP) is -0.0882. The lowest BCUT2D eigenvalue weighted by molar-refractivity contribution is 0.139. The normalized spacial score (nSPS) is 38.5. The zero-order valence-corrected chi connectivity index (χ0v) is 7.63. The Bertz CT molecular complexity index is 138. The van der Waals surface area contributed by atoms with Crippen molar-refractivity contribution in [1.29, 1.82) is 0 Å². The zero-order chi connectivity index (χ0) is 8.48. The van der Waals surface area contributed by atoms with Crippen molar-refractivity contribution < 1.29 is 4.74 Å². The molecule has 0 aromatic heterocycles. The molecule has 2 unspecified atom stereocenters. The van der Waals surface area contributed by atoms with Crippen molar-refractivity contribution >= 4 is 0 Å². The van der Waals surface area contributed by atoms with Crippen molar-refractivity contribution in [2.24, 2.45) is 11.1 Å². The SMILES string of the molecule is CN(C)CC1(C)COCC1N. The monoisotopic (exact) mass is 158 g/mol. The lowest BCUT2D eigenvalue weighted by Crippen LogP contribution is -2.44. The number of nitrogens with two attached hydrogens (primary N) is 1. The number of rotatable bonds is 2. The summed E-state index contributed by atoms with van der Waals surface area (Å²) in [5.74, 6) is 0. The van der Waals surface area contributed by atoms with Crippen LogP contribution in [-0.2, 0) is 4.74 Å². The molecule has 0 radical (unpaired) electrons. The fourth-order valence-electron chi connectivity index (χ4n) is 1.61. The maximum absolute atomic E-state index is 5.91. The Balaban J connectivity index is 2.51. The summed E-state index contributed by atoms with van der Waals surface area (Å²) < 4.78 is 5.32. The number of nitrogens with zero attached hydrogens (tertiary/aromatic N) is 1. The predicted molar refractivity (Wildman–Crippen MR) is 45.5 cm³/mol. The van der Waals surface area contributed by atoms with Gasteiger partial charge in [-0.3, -0.25) is 0 Å². The summed E-state index contributed by atoms with van der Waals surface area (Å²) in [5, 5.41) is 0. The molecule has 0 bridgehead atoms. The van der Waals surface area contributed by atoms with Gasteiger partial charge < -0.3 is 15.4 Å². The van der Waals surface area contributed by atoms with E-state index in [9.17, 15) is 0 Å². The van der Waals surface area contributed by atoms with Crippen molar-refractivity contribution in [1.82, 2.24) is 4.90 Å². The Kier molecular flexibility index (Phi) is 2.52. The number of hydrogen-bond acceptors (Lipinski definition) is 3. The fraction of sp³-hybridized carbons (Fsp3) is 1.00. The van der Waals surface area contributed by atoms with E-state index in [1.54, 1.807) is 0 Å². The van der Waals surface area contributed by atoms with Gasteiger partial charge in [0, 0.05) is 18.0 Å². The summed E-state index contributed by atoms with van der Waals surface area (Å²) in [7, 11) is 4.13. The van der Waals surface area contributed by atoms with Crippen LogP contribution in [0.3, 0.4) is 0 Å². The average molecular weight is 158 g/mol. The highest BCUT2D eigenvalue weighted by molar-refractivity contribution is 4.91. The van der Waals surface area contributed by atoms with Gasteiger partial charge in [0.05, 0.1) is 13.2 Å². The summed E-state index contributed by atoms with van der Waals surface area (Å²) in [6, 6.07) is 0.199. The third kappa shape index (κ3) is 1.92. The van der Waals surface area contributed by atoms with Gasteiger partial charge in [-0.2, -0.15) is 0 Å². The van der Waals surface area contributed by atoms with E-state index in [-0.39, 0.29) is 11.5 Å². The van der Waals surface area contributed by atoms with Crippen molar-refractivity contribution in [3.63, 3.8) is 0 Å². The molecule has 0 saturated carbocycles. The van der Waals surface area contributed by atoms with Gasteiger partial charge >= 0.3 is 0 Å². The molecular formula is C8H18N2O. The van der Waals surface area contributed by atoms with E-state index < -0.39 is 0 Å². The van der Waals surface area contributed by atoms with E-state index in [1.165, 1.54) is 0 Å². The first-order valence-corrected chi connectivity index (χ1v) is 4.03. The Morgan fingerprint density at radius 1 is 1.64 bits per heavy atom. The summed E-state index contributed by atoms with van der Waals surface area (Å²) in [6.45, 7) is 4.70. The standard InChI is InChI=1S/C8H18N2O/c1-8(5-10(2)3)6-11-4-7(8)9/h7H,4-6,9H2,1-3H3. The molecule has 0 aliphatic carbocycles. The molecule has 2 N–H and O–H groups in total. The second-order valence-corrected chi connectivity index (χ2v) is 4.01. The van der Waals surface area contributed by atoms with Crippen LogP contribution in [0.25, 0.3) is 0 Å². The van der Waals surface area contributed by atoms with Crippen LogP contribution in [0.15, 0.2) is 0 Å². The molecule has 1 aliphatic rings. The van der Waals surface area contributed by atoms with E-state index in [2.05, 4.69) is 25.9 Å². The third-order valence-electron chi connectivity index (χ3n) is 2.30. The second kappa shape index (κ2) is 3.09. The highest BCUT2D eigenvalue weighted by Crippen LogP contribution is 2.27. The highest BCUT2D eigenvalue weighted by Gasteiger charge is 2.37. The van der Waals surface area contributed by atoms with Gasteiger partial charge in [-0.1, -0.05) is 6.92 Å². The number of ether oxygens (including phenoxy) is 1. The van der Waals surface area contributed by atoms with Crippen LogP contribution in [0, 0.1) is 5.41 Å². The molecule has 1 aliphatic heterocycles. The summed E-state index contributed by atoms with van der Waals surface area (Å²) >= 11 is 0. The van der Waals surface area contributed by atoms with Crippen LogP contribution in [0.5, 0.6) is 0 Å². The van der Waals surface area contributed by atoms with Gasteiger partial charge in [-0.05, 0) is 14.1 Å². The maximum Gasteiger partial charge on any atom is 0.0624 e. The van der Waals surface area contributed by atoms with Crippen LogP contribution < -0.4 is 5.73 Å². The number of hydrogen-bond donors (Lipinski definition) is 1. The molecule has 0 spiro atoms. The van der Waals surface area contributed by atoms with Gasteiger partial charge in [0.25, 0.3) is 0 Å². The highest BCUT2D eigenvalue weighted by atomic mass is 16.5. The maximum atomic E-state index is 5.91. The molecule has 3 heteroatoms.